The van der Waals surface area contributed by atoms with E-state index < -0.39 is 5.79 Å². The van der Waals surface area contributed by atoms with E-state index in [-0.39, 0.29) is 6.10 Å². The lowest BCUT2D eigenvalue weighted by atomic mass is 10.2. The van der Waals surface area contributed by atoms with E-state index in [1.165, 1.54) is 0 Å². The third-order valence-corrected chi connectivity index (χ3v) is 2.38. The molecule has 1 saturated heterocycles. The maximum Gasteiger partial charge on any atom is 0.173 e. The van der Waals surface area contributed by atoms with Gasteiger partial charge in [-0.2, -0.15) is 5.26 Å². The second-order valence-corrected chi connectivity index (χ2v) is 3.80. The number of hydrogen-bond donors (Lipinski definition) is 0. The minimum atomic E-state index is -0.653. The Morgan fingerprint density at radius 3 is 3.20 bits per heavy atom. The summed E-state index contributed by atoms with van der Waals surface area (Å²) in [5, 5.41) is 8.55. The molecule has 15 heavy (non-hydrogen) atoms. The molecule has 0 bridgehead atoms. The molecule has 0 amide bonds. The van der Waals surface area contributed by atoms with E-state index in [2.05, 4.69) is 6.07 Å². The minimum absolute atomic E-state index is 0.116. The molecule has 80 valence electrons. The first-order chi connectivity index (χ1) is 7.22. The Kier molecular flexibility index (Phi) is 2.76. The monoisotopic (exact) mass is 207 g/mol. The predicted octanol–water partition coefficient (Wildman–Crippen LogP) is 1.87. The van der Waals surface area contributed by atoms with Gasteiger partial charge in [0.1, 0.15) is 5.76 Å². The number of rotatable bonds is 3. The van der Waals surface area contributed by atoms with Crippen molar-refractivity contribution in [2.45, 2.75) is 31.7 Å². The van der Waals surface area contributed by atoms with Crippen LogP contribution < -0.4 is 0 Å². The van der Waals surface area contributed by atoms with Gasteiger partial charge in [-0.3, -0.25) is 0 Å². The van der Waals surface area contributed by atoms with Crippen LogP contribution in [0.15, 0.2) is 22.8 Å². The molecule has 2 unspecified atom stereocenters. The number of nitriles is 1. The molecule has 0 aromatic carbocycles. The molecule has 0 saturated carbocycles. The molecule has 0 aliphatic carbocycles. The fourth-order valence-corrected chi connectivity index (χ4v) is 1.71. The highest BCUT2D eigenvalue weighted by Gasteiger charge is 2.37. The van der Waals surface area contributed by atoms with Gasteiger partial charge in [-0.1, -0.05) is 0 Å². The summed E-state index contributed by atoms with van der Waals surface area (Å²) < 4.78 is 16.4. The lowest BCUT2D eigenvalue weighted by Gasteiger charge is -2.21. The molecular weight excluding hydrogens is 194 g/mol. The van der Waals surface area contributed by atoms with Gasteiger partial charge in [-0.25, -0.2) is 0 Å². The first-order valence-corrected chi connectivity index (χ1v) is 4.93. The highest BCUT2D eigenvalue weighted by atomic mass is 16.7. The average Bonchev–Trinajstić information content (AvgIpc) is 2.78. The lowest BCUT2D eigenvalue weighted by molar-refractivity contribution is -0.153. The van der Waals surface area contributed by atoms with Crippen LogP contribution in [0, 0.1) is 11.3 Å². The van der Waals surface area contributed by atoms with Crippen molar-refractivity contribution in [1.82, 2.24) is 0 Å². The molecule has 0 radical (unpaired) electrons. The van der Waals surface area contributed by atoms with Gasteiger partial charge in [0.05, 0.1) is 37.9 Å². The van der Waals surface area contributed by atoms with Crippen molar-refractivity contribution >= 4 is 0 Å². The third-order valence-electron chi connectivity index (χ3n) is 2.38. The summed E-state index contributed by atoms with van der Waals surface area (Å²) in [6.45, 7) is 2.34. The Bertz CT molecular complexity index is 354. The molecule has 4 nitrogen and oxygen atoms in total. The molecule has 4 heteroatoms. The van der Waals surface area contributed by atoms with Crippen LogP contribution in [0.2, 0.25) is 0 Å². The van der Waals surface area contributed by atoms with E-state index in [9.17, 15) is 0 Å². The Morgan fingerprint density at radius 1 is 1.67 bits per heavy atom. The summed E-state index contributed by atoms with van der Waals surface area (Å²) in [7, 11) is 0. The van der Waals surface area contributed by atoms with Gasteiger partial charge in [0, 0.05) is 0 Å². The van der Waals surface area contributed by atoms with Gasteiger partial charge in [0.25, 0.3) is 0 Å². The summed E-state index contributed by atoms with van der Waals surface area (Å²) in [4.78, 5) is 0. The van der Waals surface area contributed by atoms with Crippen molar-refractivity contribution in [3.05, 3.63) is 24.2 Å². The molecule has 0 N–H and O–H groups in total. The molecule has 2 atom stereocenters. The van der Waals surface area contributed by atoms with Crippen molar-refractivity contribution in [2.24, 2.45) is 0 Å². The Hall–Kier alpha value is -1.31. The summed E-state index contributed by atoms with van der Waals surface area (Å²) in [6, 6.07) is 5.80. The molecule has 2 rings (SSSR count). The van der Waals surface area contributed by atoms with Crippen molar-refractivity contribution in [2.75, 3.05) is 6.61 Å². The first-order valence-electron chi connectivity index (χ1n) is 4.93. The summed E-state index contributed by atoms with van der Waals surface area (Å²) in [5.41, 5.74) is 0. The smallest absolute Gasteiger partial charge is 0.173 e. The zero-order valence-electron chi connectivity index (χ0n) is 8.60. The van der Waals surface area contributed by atoms with Gasteiger partial charge in [-0.15, -0.1) is 0 Å². The van der Waals surface area contributed by atoms with E-state index in [4.69, 9.17) is 19.2 Å². The number of hydrogen-bond acceptors (Lipinski definition) is 4. The van der Waals surface area contributed by atoms with E-state index in [0.717, 1.165) is 5.76 Å². The molecule has 1 aliphatic heterocycles. The maximum absolute atomic E-state index is 8.55. The SMILES string of the molecule is CC1(Cc2ccco2)OCC(CC#N)O1. The van der Waals surface area contributed by atoms with Gasteiger partial charge < -0.3 is 13.9 Å². The van der Waals surface area contributed by atoms with E-state index in [1.54, 1.807) is 6.26 Å². The van der Waals surface area contributed by atoms with Crippen LogP contribution in [-0.2, 0) is 15.9 Å². The summed E-state index contributed by atoms with van der Waals surface area (Å²) >= 11 is 0. The zero-order valence-corrected chi connectivity index (χ0v) is 8.60. The van der Waals surface area contributed by atoms with Crippen LogP contribution in [0.4, 0.5) is 0 Å². The van der Waals surface area contributed by atoms with Gasteiger partial charge in [0.15, 0.2) is 5.79 Å². The zero-order chi connectivity index (χ0) is 10.7. The fraction of sp³-hybridized carbons (Fsp3) is 0.545. The van der Waals surface area contributed by atoms with E-state index >= 15 is 0 Å². The predicted molar refractivity (Wildman–Crippen MR) is 51.9 cm³/mol. The molecule has 1 aromatic rings. The Labute approximate surface area is 88.4 Å². The van der Waals surface area contributed by atoms with Crippen LogP contribution >= 0.6 is 0 Å². The molecule has 1 aliphatic rings. The van der Waals surface area contributed by atoms with Crippen molar-refractivity contribution in [1.29, 1.82) is 5.26 Å². The lowest BCUT2D eigenvalue weighted by Crippen LogP contribution is -2.29. The van der Waals surface area contributed by atoms with Crippen LogP contribution in [0.1, 0.15) is 19.1 Å². The molecule has 1 aromatic heterocycles. The normalized spacial score (nSPS) is 30.3. The number of furan rings is 1. The quantitative estimate of drug-likeness (QED) is 0.759. The Balaban J connectivity index is 1.95. The van der Waals surface area contributed by atoms with Gasteiger partial charge >= 0.3 is 0 Å². The second-order valence-electron chi connectivity index (χ2n) is 3.80. The number of nitrogens with zero attached hydrogens (tertiary/aromatic N) is 1. The molecule has 1 fully saturated rings. The van der Waals surface area contributed by atoms with Crippen molar-refractivity contribution < 1.29 is 13.9 Å². The van der Waals surface area contributed by atoms with Gasteiger partial charge in [-0.05, 0) is 19.1 Å². The highest BCUT2D eigenvalue weighted by Crippen LogP contribution is 2.28. The van der Waals surface area contributed by atoms with Crippen LogP contribution in [0.3, 0.4) is 0 Å². The fourth-order valence-electron chi connectivity index (χ4n) is 1.71. The Morgan fingerprint density at radius 2 is 2.53 bits per heavy atom. The molecule has 2 heterocycles. The second kappa shape index (κ2) is 4.05. The van der Waals surface area contributed by atoms with Crippen LogP contribution in [-0.4, -0.2) is 18.5 Å². The average molecular weight is 207 g/mol. The summed E-state index contributed by atoms with van der Waals surface area (Å²) in [5.74, 6) is 0.175. The third kappa shape index (κ3) is 2.38. The van der Waals surface area contributed by atoms with Gasteiger partial charge in [0.2, 0.25) is 0 Å². The van der Waals surface area contributed by atoms with E-state index in [1.807, 2.05) is 19.1 Å². The van der Waals surface area contributed by atoms with Crippen LogP contribution in [0.5, 0.6) is 0 Å². The molecule has 0 spiro atoms. The summed E-state index contributed by atoms with van der Waals surface area (Å²) in [6.07, 6.45) is 2.45. The van der Waals surface area contributed by atoms with E-state index in [0.29, 0.717) is 19.4 Å². The topological polar surface area (TPSA) is 55.4 Å². The van der Waals surface area contributed by atoms with Crippen LogP contribution in [0.25, 0.3) is 0 Å². The molecular formula is C11H13NO3. The number of ether oxygens (including phenoxy) is 2. The standard InChI is InChI=1S/C11H13NO3/c1-11(7-9-3-2-6-13-9)14-8-10(15-11)4-5-12/h2-3,6,10H,4,7-8H2,1H3. The largest absolute Gasteiger partial charge is 0.469 e. The minimum Gasteiger partial charge on any atom is -0.469 e. The van der Waals surface area contributed by atoms with Crippen molar-refractivity contribution in [3.8, 4) is 6.07 Å². The highest BCUT2D eigenvalue weighted by molar-refractivity contribution is 5.01. The first kappa shape index (κ1) is 10.2. The van der Waals surface area contributed by atoms with Crippen molar-refractivity contribution in [3.63, 3.8) is 0 Å². The maximum atomic E-state index is 8.55.